The molecule has 3 atom stereocenters. The van der Waals surface area contributed by atoms with Crippen LogP contribution in [0.25, 0.3) is 20.7 Å². The van der Waals surface area contributed by atoms with Crippen LogP contribution in [0.5, 0.6) is 0 Å². The smallest absolute Gasteiger partial charge is 0.410 e. The largest absolute Gasteiger partial charge is 0.444 e. The van der Waals surface area contributed by atoms with Crippen molar-refractivity contribution in [3.05, 3.63) is 33.5 Å². The molecule has 2 aliphatic heterocycles. The molecule has 61 heavy (non-hydrogen) atoms. The number of aromatic nitrogens is 4. The Morgan fingerprint density at radius 3 is 1.66 bits per heavy atom. The van der Waals surface area contributed by atoms with E-state index in [1.54, 1.807) is 0 Å². The third-order valence-corrected chi connectivity index (χ3v) is 15.7. The van der Waals surface area contributed by atoms with Gasteiger partial charge in [0.2, 0.25) is 0 Å². The van der Waals surface area contributed by atoms with E-state index < -0.39 is 27.3 Å². The van der Waals surface area contributed by atoms with Gasteiger partial charge >= 0.3 is 12.2 Å². The summed E-state index contributed by atoms with van der Waals surface area (Å²) in [4.78, 5) is 43.9. The molecular weight excluding hydrogens is 841 g/mol. The van der Waals surface area contributed by atoms with E-state index in [9.17, 15) is 9.59 Å². The average molecular weight is 907 g/mol. The van der Waals surface area contributed by atoms with Crippen molar-refractivity contribution >= 4 is 71.7 Å². The second-order valence-corrected chi connectivity index (χ2v) is 34.2. The SMILES string of the molecule is CC1CC(c2nc3sc(C#CC#Cc4cc5c(nc(C6CCCN6C(=O)OC(C)(C)C)n5COCC[Si](C)(C)C)s4)cc3n2COCC[Si](C)(C)C)N(C(=O)OC(C)(C)C)C1. The lowest BCUT2D eigenvalue weighted by Crippen LogP contribution is -2.37. The van der Waals surface area contributed by atoms with Crippen LogP contribution >= 0.6 is 22.7 Å². The minimum atomic E-state index is -1.29. The van der Waals surface area contributed by atoms with Gasteiger partial charge in [0.1, 0.15) is 46.0 Å². The first-order valence-corrected chi connectivity index (χ1v) is 30.7. The maximum absolute atomic E-state index is 13.4. The molecule has 0 aliphatic carbocycles. The van der Waals surface area contributed by atoms with Gasteiger partial charge in [0.15, 0.2) is 0 Å². The third kappa shape index (κ3) is 12.5. The molecule has 2 amide bonds. The highest BCUT2D eigenvalue weighted by molar-refractivity contribution is 7.19. The van der Waals surface area contributed by atoms with Crippen LogP contribution in [0.3, 0.4) is 0 Å². The van der Waals surface area contributed by atoms with Crippen LogP contribution in [0.1, 0.15) is 101 Å². The number of imidazole rings is 2. The lowest BCUT2D eigenvalue weighted by molar-refractivity contribution is 0.0194. The van der Waals surface area contributed by atoms with Crippen LogP contribution in [0.15, 0.2) is 12.1 Å². The molecule has 12 nitrogen and oxygen atoms in total. The fourth-order valence-electron chi connectivity index (χ4n) is 7.41. The molecule has 6 rings (SSSR count). The molecule has 0 bridgehead atoms. The summed E-state index contributed by atoms with van der Waals surface area (Å²) in [7, 11) is -2.57. The van der Waals surface area contributed by atoms with E-state index in [0.717, 1.165) is 73.4 Å². The number of thiophene rings is 2. The van der Waals surface area contributed by atoms with Crippen LogP contribution in [0, 0.1) is 29.6 Å². The van der Waals surface area contributed by atoms with Crippen LogP contribution in [-0.2, 0) is 32.4 Å². The van der Waals surface area contributed by atoms with E-state index in [0.29, 0.717) is 45.7 Å². The van der Waals surface area contributed by atoms with Crippen LogP contribution in [-0.4, -0.2) is 94.7 Å². The zero-order valence-corrected chi connectivity index (χ0v) is 42.2. The van der Waals surface area contributed by atoms with Crippen LogP contribution in [0.2, 0.25) is 51.4 Å². The first kappa shape index (κ1) is 46.8. The fraction of sp³-hybridized carbons (Fsp3) is 0.644. The van der Waals surface area contributed by atoms with Crippen molar-refractivity contribution in [1.29, 1.82) is 0 Å². The molecular formula is C45H66N6O6S2Si2. The summed E-state index contributed by atoms with van der Waals surface area (Å²) < 4.78 is 28.4. The highest BCUT2D eigenvalue weighted by atomic mass is 32.1. The van der Waals surface area contributed by atoms with Gasteiger partial charge in [0.25, 0.3) is 0 Å². The van der Waals surface area contributed by atoms with E-state index in [1.807, 2.05) is 51.3 Å². The maximum Gasteiger partial charge on any atom is 0.410 e. The summed E-state index contributed by atoms with van der Waals surface area (Å²) in [5.41, 5.74) is 0.710. The number of hydrogen-bond donors (Lipinski definition) is 0. The van der Waals surface area contributed by atoms with Gasteiger partial charge in [0.05, 0.1) is 32.9 Å². The predicted molar refractivity (Wildman–Crippen MR) is 252 cm³/mol. The minimum Gasteiger partial charge on any atom is -0.444 e. The van der Waals surface area contributed by atoms with E-state index in [2.05, 4.69) is 91.2 Å². The van der Waals surface area contributed by atoms with Gasteiger partial charge in [-0.25, -0.2) is 19.6 Å². The minimum absolute atomic E-state index is 0.193. The second kappa shape index (κ2) is 18.6. The molecule has 3 unspecified atom stereocenters. The molecule has 4 aromatic rings. The van der Waals surface area contributed by atoms with E-state index in [4.69, 9.17) is 28.9 Å². The van der Waals surface area contributed by atoms with E-state index in [1.165, 1.54) is 22.7 Å². The molecule has 0 saturated carbocycles. The molecule has 0 N–H and O–H groups in total. The second-order valence-electron chi connectivity index (χ2n) is 20.9. The quantitative estimate of drug-likeness (QED) is 0.0785. The van der Waals surface area contributed by atoms with Crippen LogP contribution < -0.4 is 0 Å². The number of nitrogens with zero attached hydrogens (tertiary/aromatic N) is 6. The van der Waals surface area contributed by atoms with Crippen molar-refractivity contribution in [3.63, 3.8) is 0 Å². The van der Waals surface area contributed by atoms with Crippen molar-refractivity contribution in [2.75, 3.05) is 26.3 Å². The predicted octanol–water partition coefficient (Wildman–Crippen LogP) is 10.9. The summed E-state index contributed by atoms with van der Waals surface area (Å²) >= 11 is 3.04. The molecule has 0 aromatic carbocycles. The summed E-state index contributed by atoms with van der Waals surface area (Å²) in [5, 5.41) is 0. The normalized spacial score (nSPS) is 18.7. The Kier molecular flexibility index (Phi) is 14.3. The molecule has 0 radical (unpaired) electrons. The van der Waals surface area contributed by atoms with Gasteiger partial charge in [-0.3, -0.25) is 9.80 Å². The van der Waals surface area contributed by atoms with Crippen LogP contribution in [0.4, 0.5) is 9.59 Å². The Morgan fingerprint density at radius 1 is 0.738 bits per heavy atom. The lowest BCUT2D eigenvalue weighted by atomic mass is 10.1. The number of amides is 2. The fourth-order valence-corrected chi connectivity index (χ4v) is 10.7. The van der Waals surface area contributed by atoms with Gasteiger partial charge in [-0.15, -0.1) is 22.7 Å². The average Bonchev–Trinajstić information content (AvgIpc) is 3.96. The molecule has 6 heterocycles. The lowest BCUT2D eigenvalue weighted by Gasteiger charge is -2.28. The van der Waals surface area contributed by atoms with Gasteiger partial charge < -0.3 is 28.1 Å². The summed E-state index contributed by atoms with van der Waals surface area (Å²) in [5.74, 6) is 14.6. The van der Waals surface area contributed by atoms with Crippen molar-refractivity contribution < 1.29 is 28.5 Å². The molecule has 0 spiro atoms. The Bertz CT molecular complexity index is 2330. The maximum atomic E-state index is 13.4. The molecule has 16 heteroatoms. The Morgan fingerprint density at radius 2 is 1.20 bits per heavy atom. The number of hydrogen-bond acceptors (Lipinski definition) is 10. The molecule has 2 saturated heterocycles. The van der Waals surface area contributed by atoms with Crippen molar-refractivity contribution in [2.24, 2.45) is 5.92 Å². The standard InChI is InChI=1S/C45H66N6O6S2Si2/c1-31-25-35(49(28-31)43(53)57-45(5,6)7)39-47-41-37(51(39)30-55-22-24-61(11,12)13)27-33(59-41)18-15-14-17-32-26-36-40(58-32)46-38(50(36)29-54-21-23-60(8,9)10)34-19-16-20-48(34)42(52)56-44(2,3)4/h26-27,31,34-35H,16,19-25,28-30H2,1-13H3. The molecule has 2 aliphatic rings. The molecule has 332 valence electrons. The van der Waals surface area contributed by atoms with Gasteiger partial charge in [-0.05, 0) is 115 Å². The van der Waals surface area contributed by atoms with Gasteiger partial charge in [-0.2, -0.15) is 0 Å². The third-order valence-electron chi connectivity index (χ3n) is 10.4. The van der Waals surface area contributed by atoms with Gasteiger partial charge in [-0.1, -0.05) is 46.2 Å². The number of ether oxygens (including phenoxy) is 4. The Balaban J connectivity index is 1.25. The topological polar surface area (TPSA) is 113 Å². The van der Waals surface area contributed by atoms with Crippen molar-refractivity contribution in [3.8, 4) is 23.7 Å². The number of likely N-dealkylation sites (tertiary alicyclic amines) is 2. The molecule has 2 fully saturated rings. The molecule has 4 aromatic heterocycles. The Labute approximate surface area is 372 Å². The first-order valence-electron chi connectivity index (χ1n) is 21.6. The van der Waals surface area contributed by atoms with E-state index in [-0.39, 0.29) is 24.3 Å². The van der Waals surface area contributed by atoms with Crippen molar-refractivity contribution in [2.45, 2.75) is 156 Å². The number of carbonyl (C=O) groups excluding carboxylic acids is 2. The van der Waals surface area contributed by atoms with E-state index >= 15 is 0 Å². The summed E-state index contributed by atoms with van der Waals surface area (Å²) in [6.45, 7) is 30.9. The first-order chi connectivity index (χ1) is 28.4. The number of carbonyl (C=O) groups is 2. The van der Waals surface area contributed by atoms with Crippen molar-refractivity contribution in [1.82, 2.24) is 28.9 Å². The zero-order chi connectivity index (χ0) is 44.5. The highest BCUT2D eigenvalue weighted by Crippen LogP contribution is 2.40. The number of fused-ring (bicyclic) bond motifs is 2. The number of rotatable bonds is 12. The Hall–Kier alpha value is -3.65. The zero-order valence-electron chi connectivity index (χ0n) is 38.6. The van der Waals surface area contributed by atoms with Gasteiger partial charge in [0, 0.05) is 42.5 Å². The summed E-state index contributed by atoms with van der Waals surface area (Å²) in [6, 6.07) is 5.82. The summed E-state index contributed by atoms with van der Waals surface area (Å²) in [6.07, 6.45) is 1.87. The monoisotopic (exact) mass is 906 g/mol. The highest BCUT2D eigenvalue weighted by Gasteiger charge is 2.40.